The molecule has 25 heavy (non-hydrogen) atoms. The van der Waals surface area contributed by atoms with Gasteiger partial charge in [0, 0.05) is 19.5 Å². The van der Waals surface area contributed by atoms with Crippen LogP contribution in [0, 0.1) is 5.82 Å². The monoisotopic (exact) mass is 339 g/mol. The molecule has 1 aliphatic heterocycles. The van der Waals surface area contributed by atoms with E-state index < -0.39 is 0 Å². The summed E-state index contributed by atoms with van der Waals surface area (Å²) in [6.45, 7) is 1.86. The lowest BCUT2D eigenvalue weighted by Crippen LogP contribution is -2.23. The molecule has 1 aliphatic rings. The van der Waals surface area contributed by atoms with E-state index in [-0.39, 0.29) is 17.4 Å². The van der Waals surface area contributed by atoms with Crippen molar-refractivity contribution in [1.29, 1.82) is 0 Å². The molecule has 6 heteroatoms. The summed E-state index contributed by atoms with van der Waals surface area (Å²) in [6.07, 6.45) is 1.57. The molecule has 1 aromatic heterocycles. The lowest BCUT2D eigenvalue weighted by molar-refractivity contribution is -0.128. The van der Waals surface area contributed by atoms with Gasteiger partial charge in [0.1, 0.15) is 5.82 Å². The summed E-state index contributed by atoms with van der Waals surface area (Å²) in [6, 6.07) is 12.2. The number of carbonyl (C=O) groups excluding carboxylic acids is 1. The number of carbonyl (C=O) groups is 1. The normalized spacial score (nSPS) is 14.6. The highest BCUT2D eigenvalue weighted by atomic mass is 19.1. The highest BCUT2D eigenvalue weighted by Crippen LogP contribution is 2.16. The molecule has 2 heterocycles. The minimum Gasteiger partial charge on any atom is -0.338 e. The van der Waals surface area contributed by atoms with Crippen LogP contribution in [0.3, 0.4) is 0 Å². The number of aromatic amines is 1. The molecule has 0 spiro atoms. The Labute approximate surface area is 143 Å². The maximum atomic E-state index is 13.3. The van der Waals surface area contributed by atoms with E-state index in [0.717, 1.165) is 24.1 Å². The van der Waals surface area contributed by atoms with Gasteiger partial charge < -0.3 is 9.88 Å². The summed E-state index contributed by atoms with van der Waals surface area (Å²) >= 11 is 0. The molecule has 1 N–H and O–H groups in total. The maximum absolute atomic E-state index is 13.3. The fourth-order valence-electron chi connectivity index (χ4n) is 3.32. The third kappa shape index (κ3) is 3.07. The molecular formula is C19H18FN3O2. The second kappa shape index (κ2) is 6.20. The van der Waals surface area contributed by atoms with Crippen molar-refractivity contribution in [1.82, 2.24) is 14.5 Å². The summed E-state index contributed by atoms with van der Waals surface area (Å²) in [4.78, 5) is 28.4. The first-order valence-electron chi connectivity index (χ1n) is 8.34. The Balaban J connectivity index is 1.54. The molecule has 5 nitrogen and oxygen atoms in total. The van der Waals surface area contributed by atoms with Gasteiger partial charge in [-0.15, -0.1) is 0 Å². The molecule has 0 saturated carbocycles. The molecule has 1 fully saturated rings. The number of fused-ring (bicyclic) bond motifs is 1. The van der Waals surface area contributed by atoms with Crippen molar-refractivity contribution < 1.29 is 9.18 Å². The molecule has 4 rings (SSSR count). The van der Waals surface area contributed by atoms with Crippen LogP contribution in [0.2, 0.25) is 0 Å². The number of hydrogen-bond donors (Lipinski definition) is 1. The van der Waals surface area contributed by atoms with Crippen LogP contribution < -0.4 is 5.69 Å². The standard InChI is InChI=1S/C19H18FN3O2/c20-15-7-8-17-16(10-15)21-19(25)23(17)12-14-5-3-13(4-6-14)11-22-9-1-2-18(22)24/h3-8,10H,1-2,9,11-12H2,(H,21,25). The zero-order valence-corrected chi connectivity index (χ0v) is 13.7. The van der Waals surface area contributed by atoms with Crippen LogP contribution in [-0.2, 0) is 17.9 Å². The van der Waals surface area contributed by atoms with Gasteiger partial charge in [-0.1, -0.05) is 24.3 Å². The first kappa shape index (κ1) is 15.6. The lowest BCUT2D eigenvalue weighted by Gasteiger charge is -2.15. The Kier molecular flexibility index (Phi) is 3.87. The van der Waals surface area contributed by atoms with Gasteiger partial charge in [0.25, 0.3) is 0 Å². The first-order chi connectivity index (χ1) is 12.1. The second-order valence-corrected chi connectivity index (χ2v) is 6.41. The van der Waals surface area contributed by atoms with Crippen molar-refractivity contribution in [3.05, 3.63) is 69.9 Å². The van der Waals surface area contributed by atoms with E-state index in [4.69, 9.17) is 0 Å². The van der Waals surface area contributed by atoms with Gasteiger partial charge >= 0.3 is 5.69 Å². The van der Waals surface area contributed by atoms with Gasteiger partial charge in [-0.3, -0.25) is 9.36 Å². The van der Waals surface area contributed by atoms with Gasteiger partial charge in [0.2, 0.25) is 5.91 Å². The van der Waals surface area contributed by atoms with Crippen LogP contribution in [0.5, 0.6) is 0 Å². The number of hydrogen-bond acceptors (Lipinski definition) is 2. The maximum Gasteiger partial charge on any atom is 0.326 e. The summed E-state index contributed by atoms with van der Waals surface area (Å²) in [7, 11) is 0. The Morgan fingerprint density at radius 2 is 1.72 bits per heavy atom. The van der Waals surface area contributed by atoms with Crippen LogP contribution in [-0.4, -0.2) is 26.9 Å². The van der Waals surface area contributed by atoms with E-state index in [1.807, 2.05) is 29.2 Å². The van der Waals surface area contributed by atoms with Gasteiger partial charge in [-0.2, -0.15) is 0 Å². The van der Waals surface area contributed by atoms with Gasteiger partial charge in [-0.05, 0) is 35.7 Å². The smallest absolute Gasteiger partial charge is 0.326 e. The highest BCUT2D eigenvalue weighted by molar-refractivity contribution is 5.78. The van der Waals surface area contributed by atoms with Crippen molar-refractivity contribution in [2.75, 3.05) is 6.54 Å². The van der Waals surface area contributed by atoms with Gasteiger partial charge in [0.15, 0.2) is 0 Å². The minimum absolute atomic E-state index is 0.210. The molecular weight excluding hydrogens is 321 g/mol. The van der Waals surface area contributed by atoms with E-state index in [1.165, 1.54) is 12.1 Å². The Morgan fingerprint density at radius 3 is 2.40 bits per heavy atom. The Bertz CT molecular complexity index is 988. The fraction of sp³-hybridized carbons (Fsp3) is 0.263. The molecule has 128 valence electrons. The van der Waals surface area contributed by atoms with E-state index in [0.29, 0.717) is 30.5 Å². The van der Waals surface area contributed by atoms with Crippen molar-refractivity contribution in [2.45, 2.75) is 25.9 Å². The summed E-state index contributed by atoms with van der Waals surface area (Å²) in [5.41, 5.74) is 2.97. The SMILES string of the molecule is O=C1CCCN1Cc1ccc(Cn2c(=O)[nH]c3cc(F)ccc32)cc1. The van der Waals surface area contributed by atoms with Crippen LogP contribution in [0.4, 0.5) is 4.39 Å². The number of aromatic nitrogens is 2. The average molecular weight is 339 g/mol. The highest BCUT2D eigenvalue weighted by Gasteiger charge is 2.19. The third-order valence-electron chi connectivity index (χ3n) is 4.64. The summed E-state index contributed by atoms with van der Waals surface area (Å²) in [5, 5.41) is 0. The number of rotatable bonds is 4. The molecule has 1 saturated heterocycles. The number of benzene rings is 2. The quantitative estimate of drug-likeness (QED) is 0.794. The van der Waals surface area contributed by atoms with Crippen LogP contribution in [0.25, 0.3) is 11.0 Å². The number of imidazole rings is 1. The van der Waals surface area contributed by atoms with Crippen molar-refractivity contribution >= 4 is 16.9 Å². The van der Waals surface area contributed by atoms with Crippen LogP contribution in [0.1, 0.15) is 24.0 Å². The molecule has 0 aliphatic carbocycles. The zero-order valence-electron chi connectivity index (χ0n) is 13.7. The van der Waals surface area contributed by atoms with Gasteiger partial charge in [-0.25, -0.2) is 9.18 Å². The molecule has 0 bridgehead atoms. The third-order valence-corrected chi connectivity index (χ3v) is 4.64. The largest absolute Gasteiger partial charge is 0.338 e. The topological polar surface area (TPSA) is 58.1 Å². The number of amides is 1. The molecule has 3 aromatic rings. The van der Waals surface area contributed by atoms with E-state index >= 15 is 0 Å². The molecule has 1 amide bonds. The molecule has 2 aromatic carbocycles. The lowest BCUT2D eigenvalue weighted by atomic mass is 10.1. The average Bonchev–Trinajstić information content (AvgIpc) is 3.12. The molecule has 0 atom stereocenters. The number of H-pyrrole nitrogens is 1. The van der Waals surface area contributed by atoms with Crippen molar-refractivity contribution in [3.63, 3.8) is 0 Å². The first-order valence-corrected chi connectivity index (χ1v) is 8.34. The summed E-state index contributed by atoms with van der Waals surface area (Å²) < 4.78 is 14.9. The van der Waals surface area contributed by atoms with Gasteiger partial charge in [0.05, 0.1) is 17.6 Å². The van der Waals surface area contributed by atoms with E-state index in [9.17, 15) is 14.0 Å². The number of likely N-dealkylation sites (tertiary alicyclic amines) is 1. The predicted octanol–water partition coefficient (Wildman–Crippen LogP) is 2.64. The van der Waals surface area contributed by atoms with E-state index in [1.54, 1.807) is 10.6 Å². The number of halogens is 1. The predicted molar refractivity (Wildman–Crippen MR) is 92.7 cm³/mol. The van der Waals surface area contributed by atoms with Crippen LogP contribution in [0.15, 0.2) is 47.3 Å². The summed E-state index contributed by atoms with van der Waals surface area (Å²) in [5.74, 6) is -0.164. The molecule has 0 unspecified atom stereocenters. The minimum atomic E-state index is -0.373. The second-order valence-electron chi connectivity index (χ2n) is 6.41. The van der Waals surface area contributed by atoms with E-state index in [2.05, 4.69) is 4.98 Å². The zero-order chi connectivity index (χ0) is 17.4. The van der Waals surface area contributed by atoms with Crippen LogP contribution >= 0.6 is 0 Å². The number of nitrogens with zero attached hydrogens (tertiary/aromatic N) is 2. The Morgan fingerprint density at radius 1 is 1.00 bits per heavy atom. The van der Waals surface area contributed by atoms with Crippen molar-refractivity contribution in [2.24, 2.45) is 0 Å². The van der Waals surface area contributed by atoms with Crippen molar-refractivity contribution in [3.8, 4) is 0 Å². The Hall–Kier alpha value is -2.89. The fourth-order valence-corrected chi connectivity index (χ4v) is 3.32. The molecule has 0 radical (unpaired) electrons. The number of nitrogens with one attached hydrogen (secondary N) is 1.